The zero-order valence-electron chi connectivity index (χ0n) is 10.6. The molecule has 1 aromatic heterocycles. The van der Waals surface area contributed by atoms with Crippen molar-refractivity contribution in [1.29, 1.82) is 0 Å². The zero-order valence-corrected chi connectivity index (χ0v) is 11.3. The number of halogens is 1. The Kier molecular flexibility index (Phi) is 3.39. The average molecular weight is 286 g/mol. The van der Waals surface area contributed by atoms with Crippen molar-refractivity contribution in [2.24, 2.45) is 0 Å². The van der Waals surface area contributed by atoms with Gasteiger partial charge in [-0.3, -0.25) is 9.36 Å². The third-order valence-corrected chi connectivity index (χ3v) is 3.23. The van der Waals surface area contributed by atoms with Crippen LogP contribution in [0.15, 0.2) is 54.9 Å². The van der Waals surface area contributed by atoms with E-state index in [0.717, 1.165) is 16.7 Å². The van der Waals surface area contributed by atoms with Crippen LogP contribution in [-0.4, -0.2) is 21.3 Å². The first-order valence-electron chi connectivity index (χ1n) is 6.16. The summed E-state index contributed by atoms with van der Waals surface area (Å²) in [4.78, 5) is 15.6. The predicted octanol–water partition coefficient (Wildman–Crippen LogP) is 3.20. The molecule has 0 radical (unpaired) electrons. The smallest absolute Gasteiger partial charge is 0.239 e. The lowest BCUT2D eigenvalue weighted by atomic mass is 10.2. The SMILES string of the molecule is O=C(CCl)Nc1ccc2c(c1)ncn2-c1ccccc1. The zero-order chi connectivity index (χ0) is 13.9. The standard InChI is InChI=1S/C15H12ClN3O/c16-9-15(20)18-11-6-7-14-13(8-11)17-10-19(14)12-4-2-1-3-5-12/h1-8,10H,9H2,(H,18,20). The predicted molar refractivity (Wildman–Crippen MR) is 80.4 cm³/mol. The van der Waals surface area contributed by atoms with Crippen LogP contribution in [0.25, 0.3) is 16.7 Å². The monoisotopic (exact) mass is 285 g/mol. The van der Waals surface area contributed by atoms with E-state index in [1.54, 1.807) is 6.33 Å². The number of para-hydroxylation sites is 1. The molecule has 0 saturated heterocycles. The highest BCUT2D eigenvalue weighted by Crippen LogP contribution is 2.21. The van der Waals surface area contributed by atoms with E-state index in [9.17, 15) is 4.79 Å². The molecule has 5 heteroatoms. The number of aromatic nitrogens is 2. The number of nitrogens with zero attached hydrogens (tertiary/aromatic N) is 2. The fourth-order valence-electron chi connectivity index (χ4n) is 2.08. The second kappa shape index (κ2) is 5.35. The first-order chi connectivity index (χ1) is 9.78. The number of alkyl halides is 1. The van der Waals surface area contributed by atoms with Crippen molar-refractivity contribution in [3.8, 4) is 5.69 Å². The summed E-state index contributed by atoms with van der Waals surface area (Å²) in [5.41, 5.74) is 3.55. The molecule has 0 aliphatic rings. The molecule has 3 rings (SSSR count). The molecule has 20 heavy (non-hydrogen) atoms. The van der Waals surface area contributed by atoms with Crippen LogP contribution in [0.5, 0.6) is 0 Å². The van der Waals surface area contributed by atoms with Crippen LogP contribution < -0.4 is 5.32 Å². The van der Waals surface area contributed by atoms with E-state index in [0.29, 0.717) is 5.69 Å². The Labute approximate surface area is 121 Å². The van der Waals surface area contributed by atoms with Gasteiger partial charge >= 0.3 is 0 Å². The summed E-state index contributed by atoms with van der Waals surface area (Å²) in [5, 5.41) is 2.71. The number of hydrogen-bond acceptors (Lipinski definition) is 2. The van der Waals surface area contributed by atoms with Gasteiger partial charge in [-0.1, -0.05) is 18.2 Å². The number of benzene rings is 2. The Morgan fingerprint density at radius 3 is 2.75 bits per heavy atom. The quantitative estimate of drug-likeness (QED) is 0.751. The Balaban J connectivity index is 2.01. The number of carbonyl (C=O) groups excluding carboxylic acids is 1. The van der Waals surface area contributed by atoms with Crippen LogP contribution in [0.4, 0.5) is 5.69 Å². The highest BCUT2D eigenvalue weighted by Gasteiger charge is 2.06. The summed E-state index contributed by atoms with van der Waals surface area (Å²) in [5.74, 6) is -0.287. The van der Waals surface area contributed by atoms with Crippen LogP contribution >= 0.6 is 11.6 Å². The molecule has 2 aromatic carbocycles. The van der Waals surface area contributed by atoms with E-state index >= 15 is 0 Å². The number of imidazole rings is 1. The summed E-state index contributed by atoms with van der Waals surface area (Å²) in [6.45, 7) is 0. The third-order valence-electron chi connectivity index (χ3n) is 2.99. The minimum absolute atomic E-state index is 0.0590. The van der Waals surface area contributed by atoms with Gasteiger partial charge in [0.15, 0.2) is 0 Å². The van der Waals surface area contributed by atoms with E-state index in [-0.39, 0.29) is 11.8 Å². The molecular formula is C15H12ClN3O. The fraction of sp³-hybridized carbons (Fsp3) is 0.0667. The molecule has 0 unspecified atom stereocenters. The van der Waals surface area contributed by atoms with Gasteiger partial charge < -0.3 is 5.32 Å². The molecule has 1 heterocycles. The molecule has 0 aliphatic carbocycles. The van der Waals surface area contributed by atoms with Gasteiger partial charge in [-0.15, -0.1) is 11.6 Å². The van der Waals surface area contributed by atoms with Gasteiger partial charge in [0.1, 0.15) is 12.2 Å². The van der Waals surface area contributed by atoms with Crippen molar-refractivity contribution in [1.82, 2.24) is 9.55 Å². The average Bonchev–Trinajstić information content (AvgIpc) is 2.91. The minimum atomic E-state index is -0.228. The summed E-state index contributed by atoms with van der Waals surface area (Å²) in [6.07, 6.45) is 1.77. The van der Waals surface area contributed by atoms with Crippen molar-refractivity contribution >= 4 is 34.2 Å². The molecule has 3 aromatic rings. The highest BCUT2D eigenvalue weighted by atomic mass is 35.5. The Bertz CT molecular complexity index is 752. The Morgan fingerprint density at radius 1 is 1.20 bits per heavy atom. The molecule has 0 bridgehead atoms. The van der Waals surface area contributed by atoms with Gasteiger partial charge in [-0.2, -0.15) is 0 Å². The maximum absolute atomic E-state index is 11.3. The van der Waals surface area contributed by atoms with Gasteiger partial charge in [-0.05, 0) is 30.3 Å². The molecule has 0 saturated carbocycles. The van der Waals surface area contributed by atoms with Crippen LogP contribution in [0.1, 0.15) is 0 Å². The molecule has 0 fully saturated rings. The van der Waals surface area contributed by atoms with Gasteiger partial charge in [0.05, 0.1) is 11.0 Å². The number of amides is 1. The molecule has 1 N–H and O–H groups in total. The van der Waals surface area contributed by atoms with Gasteiger partial charge in [-0.25, -0.2) is 4.98 Å². The van der Waals surface area contributed by atoms with Crippen molar-refractivity contribution in [2.75, 3.05) is 11.2 Å². The van der Waals surface area contributed by atoms with Gasteiger partial charge in [0.2, 0.25) is 5.91 Å². The molecule has 0 atom stereocenters. The maximum atomic E-state index is 11.3. The van der Waals surface area contributed by atoms with E-state index < -0.39 is 0 Å². The number of anilines is 1. The van der Waals surface area contributed by atoms with Crippen molar-refractivity contribution in [2.45, 2.75) is 0 Å². The molecule has 100 valence electrons. The van der Waals surface area contributed by atoms with Gasteiger partial charge in [0, 0.05) is 11.4 Å². The van der Waals surface area contributed by atoms with Crippen LogP contribution in [0, 0.1) is 0 Å². The maximum Gasteiger partial charge on any atom is 0.239 e. The fourth-order valence-corrected chi connectivity index (χ4v) is 2.15. The lowest BCUT2D eigenvalue weighted by molar-refractivity contribution is -0.113. The summed E-state index contributed by atoms with van der Waals surface area (Å²) in [7, 11) is 0. The van der Waals surface area contributed by atoms with Gasteiger partial charge in [0.25, 0.3) is 0 Å². The van der Waals surface area contributed by atoms with E-state index in [2.05, 4.69) is 10.3 Å². The molecular weight excluding hydrogens is 274 g/mol. The topological polar surface area (TPSA) is 46.9 Å². The van der Waals surface area contributed by atoms with Crippen molar-refractivity contribution in [3.63, 3.8) is 0 Å². The number of fused-ring (bicyclic) bond motifs is 1. The normalized spacial score (nSPS) is 10.7. The second-order valence-corrected chi connectivity index (χ2v) is 4.60. The molecule has 0 aliphatic heterocycles. The van der Waals surface area contributed by atoms with E-state index in [4.69, 9.17) is 11.6 Å². The Hall–Kier alpha value is -2.33. The third kappa shape index (κ3) is 2.38. The summed E-state index contributed by atoms with van der Waals surface area (Å²) < 4.78 is 2.00. The lowest BCUT2D eigenvalue weighted by Gasteiger charge is -2.05. The lowest BCUT2D eigenvalue weighted by Crippen LogP contribution is -2.12. The first-order valence-corrected chi connectivity index (χ1v) is 6.70. The van der Waals surface area contributed by atoms with Crippen LogP contribution in [0.2, 0.25) is 0 Å². The first kappa shape index (κ1) is 12.7. The van der Waals surface area contributed by atoms with Crippen LogP contribution in [-0.2, 0) is 4.79 Å². The van der Waals surface area contributed by atoms with Crippen LogP contribution in [0.3, 0.4) is 0 Å². The number of carbonyl (C=O) groups is 1. The largest absolute Gasteiger partial charge is 0.325 e. The number of hydrogen-bond donors (Lipinski definition) is 1. The number of rotatable bonds is 3. The molecule has 1 amide bonds. The minimum Gasteiger partial charge on any atom is -0.325 e. The van der Waals surface area contributed by atoms with Crippen molar-refractivity contribution in [3.05, 3.63) is 54.9 Å². The Morgan fingerprint density at radius 2 is 2.00 bits per heavy atom. The summed E-state index contributed by atoms with van der Waals surface area (Å²) in [6, 6.07) is 15.6. The van der Waals surface area contributed by atoms with Crippen molar-refractivity contribution < 1.29 is 4.79 Å². The molecule has 0 spiro atoms. The van der Waals surface area contributed by atoms with E-state index in [1.165, 1.54) is 0 Å². The number of nitrogens with one attached hydrogen (secondary N) is 1. The summed E-state index contributed by atoms with van der Waals surface area (Å²) >= 11 is 5.47. The highest BCUT2D eigenvalue weighted by molar-refractivity contribution is 6.29. The molecule has 4 nitrogen and oxygen atoms in total. The second-order valence-electron chi connectivity index (χ2n) is 4.34. The van der Waals surface area contributed by atoms with E-state index in [1.807, 2.05) is 53.1 Å².